The van der Waals surface area contributed by atoms with E-state index >= 15 is 0 Å². The number of carbonyl (C=O) groups is 1. The van der Waals surface area contributed by atoms with Gasteiger partial charge in [-0.1, -0.05) is 67.6 Å². The molecule has 1 amide bonds. The van der Waals surface area contributed by atoms with Gasteiger partial charge in [-0.05, 0) is 41.3 Å². The Morgan fingerprint density at radius 3 is 2.03 bits per heavy atom. The summed E-state index contributed by atoms with van der Waals surface area (Å²) >= 11 is 0. The van der Waals surface area contributed by atoms with Crippen LogP contribution in [0.1, 0.15) is 34.3 Å². The van der Waals surface area contributed by atoms with E-state index in [2.05, 4.69) is 12.2 Å². The first-order valence-corrected chi connectivity index (χ1v) is 11.6. The van der Waals surface area contributed by atoms with Crippen molar-refractivity contribution in [3.05, 3.63) is 102 Å². The Hall–Kier alpha value is -3.12. The topological polar surface area (TPSA) is 66.5 Å². The third-order valence-corrected chi connectivity index (χ3v) is 6.06. The maximum absolute atomic E-state index is 12.5. The van der Waals surface area contributed by atoms with Crippen molar-refractivity contribution in [3.63, 3.8) is 0 Å². The van der Waals surface area contributed by atoms with Gasteiger partial charge in [0.25, 0.3) is 5.91 Å². The number of para-hydroxylation sites is 1. The zero-order chi connectivity index (χ0) is 21.6. The summed E-state index contributed by atoms with van der Waals surface area (Å²) in [5.74, 6) is 0.0657. The Balaban J connectivity index is 1.64. The third kappa shape index (κ3) is 5.70. The number of hydrogen-bond acceptors (Lipinski definition) is 3. The van der Waals surface area contributed by atoms with Gasteiger partial charge >= 0.3 is 0 Å². The molecule has 3 aromatic carbocycles. The molecule has 0 heterocycles. The lowest BCUT2D eigenvalue weighted by Gasteiger charge is -2.22. The number of anilines is 1. The predicted molar refractivity (Wildman–Crippen MR) is 121 cm³/mol. The van der Waals surface area contributed by atoms with E-state index < -0.39 is 10.0 Å². The van der Waals surface area contributed by atoms with Crippen molar-refractivity contribution in [2.45, 2.75) is 19.4 Å². The molecule has 6 heteroatoms. The number of nitrogens with zero attached hydrogens (tertiary/aromatic N) is 1. The van der Waals surface area contributed by atoms with Crippen molar-refractivity contribution in [2.75, 3.05) is 17.1 Å². The first kappa shape index (κ1) is 21.6. The average Bonchev–Trinajstić information content (AvgIpc) is 2.76. The summed E-state index contributed by atoms with van der Waals surface area (Å²) in [4.78, 5) is 12.5. The smallest absolute Gasteiger partial charge is 0.251 e. The first-order chi connectivity index (χ1) is 14.3. The number of carbonyl (C=O) groups excluding carboxylic acids is 1. The highest BCUT2D eigenvalue weighted by molar-refractivity contribution is 7.92. The lowest BCUT2D eigenvalue weighted by atomic mass is 10.0. The maximum atomic E-state index is 12.5. The maximum Gasteiger partial charge on any atom is 0.251 e. The van der Waals surface area contributed by atoms with Crippen LogP contribution in [0.2, 0.25) is 0 Å². The van der Waals surface area contributed by atoms with E-state index in [0.29, 0.717) is 17.8 Å². The van der Waals surface area contributed by atoms with Gasteiger partial charge < -0.3 is 5.32 Å². The monoisotopic (exact) mass is 422 g/mol. The molecular formula is C24H26N2O3S. The normalized spacial score (nSPS) is 12.2. The molecule has 0 saturated heterocycles. The van der Waals surface area contributed by atoms with Crippen molar-refractivity contribution in [3.8, 4) is 0 Å². The Labute approximate surface area is 178 Å². The Kier molecular flexibility index (Phi) is 6.90. The molecule has 156 valence electrons. The largest absolute Gasteiger partial charge is 0.351 e. The lowest BCUT2D eigenvalue weighted by molar-refractivity contribution is 0.0951. The first-order valence-electron chi connectivity index (χ1n) is 9.79. The van der Waals surface area contributed by atoms with E-state index in [1.807, 2.05) is 36.4 Å². The number of rotatable bonds is 8. The quantitative estimate of drug-likeness (QED) is 0.592. The fourth-order valence-corrected chi connectivity index (χ4v) is 4.06. The van der Waals surface area contributed by atoms with Gasteiger partial charge in [0.05, 0.1) is 18.5 Å². The van der Waals surface area contributed by atoms with E-state index in [9.17, 15) is 13.2 Å². The summed E-state index contributed by atoms with van der Waals surface area (Å²) in [7, 11) is -3.43. The summed E-state index contributed by atoms with van der Waals surface area (Å²) in [5.41, 5.74) is 3.13. The Morgan fingerprint density at radius 1 is 0.900 bits per heavy atom. The van der Waals surface area contributed by atoms with Gasteiger partial charge in [0.15, 0.2) is 0 Å². The van der Waals surface area contributed by atoms with E-state index in [1.165, 1.54) is 16.1 Å². The highest BCUT2D eigenvalue weighted by Crippen LogP contribution is 2.20. The zero-order valence-electron chi connectivity index (χ0n) is 17.2. The van der Waals surface area contributed by atoms with Gasteiger partial charge in [0, 0.05) is 12.1 Å². The van der Waals surface area contributed by atoms with Gasteiger partial charge in [-0.25, -0.2) is 8.42 Å². The second-order valence-electron chi connectivity index (χ2n) is 7.32. The van der Waals surface area contributed by atoms with Crippen LogP contribution in [-0.4, -0.2) is 27.1 Å². The molecule has 0 saturated carbocycles. The predicted octanol–water partition coefficient (Wildman–Crippen LogP) is 4.19. The van der Waals surface area contributed by atoms with Gasteiger partial charge in [-0.15, -0.1) is 0 Å². The lowest BCUT2D eigenvalue weighted by Crippen LogP contribution is -2.29. The molecule has 1 atom stereocenters. The van der Waals surface area contributed by atoms with Crippen LogP contribution in [0.3, 0.4) is 0 Å². The Bertz CT molecular complexity index is 1070. The minimum Gasteiger partial charge on any atom is -0.351 e. The number of benzene rings is 3. The average molecular weight is 423 g/mol. The van der Waals surface area contributed by atoms with Crippen LogP contribution < -0.4 is 9.62 Å². The molecule has 0 bridgehead atoms. The molecule has 0 aliphatic carbocycles. The highest BCUT2D eigenvalue weighted by atomic mass is 32.2. The van der Waals surface area contributed by atoms with Gasteiger partial charge in [0.1, 0.15) is 0 Å². The molecule has 3 rings (SSSR count). The van der Waals surface area contributed by atoms with E-state index in [1.54, 1.807) is 48.5 Å². The second-order valence-corrected chi connectivity index (χ2v) is 9.23. The van der Waals surface area contributed by atoms with E-state index in [-0.39, 0.29) is 18.4 Å². The molecule has 0 radical (unpaired) electrons. The van der Waals surface area contributed by atoms with Gasteiger partial charge in [-0.2, -0.15) is 0 Å². The van der Waals surface area contributed by atoms with Crippen LogP contribution in [0.15, 0.2) is 84.9 Å². The van der Waals surface area contributed by atoms with Crippen LogP contribution >= 0.6 is 0 Å². The van der Waals surface area contributed by atoms with Crippen molar-refractivity contribution >= 4 is 21.6 Å². The summed E-state index contributed by atoms with van der Waals surface area (Å²) in [6.45, 7) is 2.82. The van der Waals surface area contributed by atoms with Crippen LogP contribution in [0.5, 0.6) is 0 Å². The number of nitrogens with one attached hydrogen (secondary N) is 1. The summed E-state index contributed by atoms with van der Waals surface area (Å²) in [6.07, 6.45) is 1.19. The molecule has 3 aromatic rings. The summed E-state index contributed by atoms with van der Waals surface area (Å²) in [6, 6.07) is 26.0. The number of sulfonamides is 1. The van der Waals surface area contributed by atoms with Crippen LogP contribution in [0.4, 0.5) is 5.69 Å². The highest BCUT2D eigenvalue weighted by Gasteiger charge is 2.18. The molecule has 0 fully saturated rings. The molecular weight excluding hydrogens is 396 g/mol. The molecule has 0 spiro atoms. The Morgan fingerprint density at radius 2 is 1.47 bits per heavy atom. The molecule has 1 unspecified atom stereocenters. The van der Waals surface area contributed by atoms with Crippen LogP contribution in [0, 0.1) is 0 Å². The molecule has 0 aliphatic heterocycles. The molecule has 0 aromatic heterocycles. The van der Waals surface area contributed by atoms with Crippen molar-refractivity contribution in [1.82, 2.24) is 5.32 Å². The number of hydrogen-bond donors (Lipinski definition) is 1. The summed E-state index contributed by atoms with van der Waals surface area (Å²) < 4.78 is 25.8. The van der Waals surface area contributed by atoms with Gasteiger partial charge in [0.2, 0.25) is 10.0 Å². The molecule has 1 N–H and O–H groups in total. The van der Waals surface area contributed by atoms with Crippen molar-refractivity contribution < 1.29 is 13.2 Å². The summed E-state index contributed by atoms with van der Waals surface area (Å²) in [5, 5.41) is 2.96. The second kappa shape index (κ2) is 9.59. The minimum atomic E-state index is -3.43. The van der Waals surface area contributed by atoms with Crippen LogP contribution in [0.25, 0.3) is 0 Å². The van der Waals surface area contributed by atoms with E-state index in [4.69, 9.17) is 0 Å². The van der Waals surface area contributed by atoms with Crippen LogP contribution in [-0.2, 0) is 16.6 Å². The van der Waals surface area contributed by atoms with Crippen molar-refractivity contribution in [1.29, 1.82) is 0 Å². The third-order valence-electron chi connectivity index (χ3n) is 4.92. The molecule has 0 aliphatic rings. The number of amides is 1. The SMILES string of the molecule is CC(CNC(=O)c1ccc(CN(c2ccccc2)S(C)(=O)=O)cc1)c1ccccc1. The fraction of sp³-hybridized carbons (Fsp3) is 0.208. The minimum absolute atomic E-state index is 0.146. The zero-order valence-corrected chi connectivity index (χ0v) is 18.0. The van der Waals surface area contributed by atoms with Gasteiger partial charge in [-0.3, -0.25) is 9.10 Å². The van der Waals surface area contributed by atoms with E-state index in [0.717, 1.165) is 5.56 Å². The standard InChI is InChI=1S/C24H26N2O3S/c1-19(21-9-5-3-6-10-21)17-25-24(27)22-15-13-20(14-16-22)18-26(30(2,28)29)23-11-7-4-8-12-23/h3-16,19H,17-18H2,1-2H3,(H,25,27). The fourth-order valence-electron chi connectivity index (χ4n) is 3.17. The molecule has 30 heavy (non-hydrogen) atoms. The van der Waals surface area contributed by atoms with Crippen molar-refractivity contribution in [2.24, 2.45) is 0 Å². The molecule has 5 nitrogen and oxygen atoms in total.